The van der Waals surface area contributed by atoms with Crippen molar-refractivity contribution < 1.29 is 61.3 Å². The highest BCUT2D eigenvalue weighted by molar-refractivity contribution is 5.64. The Labute approximate surface area is 845 Å². The predicted molar refractivity (Wildman–Crippen MR) is 576 cm³/mol. The van der Waals surface area contributed by atoms with Gasteiger partial charge in [0.1, 0.15) is 69.0 Å². The zero-order valence-corrected chi connectivity index (χ0v) is 85.2. The van der Waals surface area contributed by atoms with Crippen LogP contribution in [0, 0.1) is 41.5 Å². The van der Waals surface area contributed by atoms with Crippen LogP contribution >= 0.6 is 0 Å². The summed E-state index contributed by atoms with van der Waals surface area (Å²) >= 11 is 0. The minimum absolute atomic E-state index is 0.0449. The number of benzene rings is 12. The molecule has 8 fully saturated rings. The third kappa shape index (κ3) is 23.5. The molecule has 0 atom stereocenters. The second-order valence-corrected chi connectivity index (χ2v) is 43.9. The zero-order valence-electron chi connectivity index (χ0n) is 85.2. The molecule has 0 bridgehead atoms. The van der Waals surface area contributed by atoms with Crippen LogP contribution in [0.15, 0.2) is 206 Å². The van der Waals surface area contributed by atoms with E-state index in [1.165, 1.54) is 176 Å². The molecule has 0 spiro atoms. The smallest absolute Gasteiger partial charge is 0.123 e. The highest BCUT2D eigenvalue weighted by Crippen LogP contribution is 2.55. The van der Waals surface area contributed by atoms with Gasteiger partial charge >= 0.3 is 0 Å². The van der Waals surface area contributed by atoms with Gasteiger partial charge in [-0.25, -0.2) is 0 Å². The molecule has 0 amide bonds. The molecule has 12 aromatic carbocycles. The summed E-state index contributed by atoms with van der Waals surface area (Å²) in [6, 6.07) is 67.2. The fourth-order valence-corrected chi connectivity index (χ4v) is 26.7. The molecule has 0 aliphatic heterocycles. The molecule has 8 aliphatic rings. The van der Waals surface area contributed by atoms with Gasteiger partial charge in [-0.3, -0.25) is 0 Å². The Balaban J connectivity index is 0.000000130. The number of aromatic hydroxyl groups is 12. The molecule has 0 unspecified atom stereocenters. The molecular formula is C130H156O12. The van der Waals surface area contributed by atoms with Crippen LogP contribution in [0.2, 0.25) is 0 Å². The molecule has 0 aromatic heterocycles. The van der Waals surface area contributed by atoms with Gasteiger partial charge in [-0.1, -0.05) is 281 Å². The number of rotatable bonds is 20. The van der Waals surface area contributed by atoms with Crippen molar-refractivity contribution in [3.05, 3.63) is 351 Å². The van der Waals surface area contributed by atoms with Crippen LogP contribution in [-0.2, 0) is 0 Å². The molecule has 12 heteroatoms. The molecular weight excluding hydrogens is 1750 g/mol. The average Bonchev–Trinajstić information content (AvgIpc) is 0.760. The number of para-hydroxylation sites is 3. The quantitative estimate of drug-likeness (QED) is 0.0319. The molecule has 0 heterocycles. The Kier molecular flexibility index (Phi) is 33.8. The Bertz CT molecular complexity index is 5980. The summed E-state index contributed by atoms with van der Waals surface area (Å²) in [5.41, 5.74) is 27.1. The number of phenolic OH excluding ortho intramolecular Hbond substituents is 12. The van der Waals surface area contributed by atoms with E-state index in [1.807, 2.05) is 115 Å². The first kappa shape index (κ1) is 102. The topological polar surface area (TPSA) is 243 Å². The van der Waals surface area contributed by atoms with E-state index in [2.05, 4.69) is 96.1 Å². The van der Waals surface area contributed by atoms with Gasteiger partial charge < -0.3 is 61.3 Å². The summed E-state index contributed by atoms with van der Waals surface area (Å²) in [5, 5.41) is 131. The van der Waals surface area contributed by atoms with Crippen LogP contribution in [-0.4, -0.2) is 61.3 Å². The van der Waals surface area contributed by atoms with Crippen molar-refractivity contribution in [2.75, 3.05) is 0 Å². The normalized spacial score (nSPS) is 17.6. The standard InChI is InChI=1S/3C33H40O3.C31H36O3/c1-21-17-31(35)28(23-11-5-3-6-12-23)19-26(21)33(25-15-9-10-16-30(25)34)27-20-29(32(36)18-22(27)2)24-13-7-4-8-14-24;1-21-16-31(35)29(23-10-5-3-6-11-23)19-27(21)33(25-14-9-15-26(34)18-25)28-20-30(32(36)17-22(28)2)24-12-7-4-8-13-24;1-21-17-31(35)29(23-9-5-3-6-10-23)19-27(21)33(25-13-15-26(34)16-14-25)28-20-30(32(36)18-22(28)2)24-11-7-4-8-12-24;32-24-15-7-14-23(20-24)29(27-18-8-16-25(30(27)33)21-10-3-1-4-11-21)28-19-9-17-26(31(28)34)22-12-5-2-6-13-22/h9-10,15-20,23-24,33-36H,3-8,11-14H2,1-2H3;9,14-20,23-24,33-36H,3-8,10-13H2,1-2H3;13-20,23-24,33-36H,3-12H2,1-2H3;7-9,14-22,29,32-34H,1-6,10-13H2. The largest absolute Gasteiger partial charge is 0.508 e. The van der Waals surface area contributed by atoms with E-state index in [1.54, 1.807) is 36.4 Å². The summed E-state index contributed by atoms with van der Waals surface area (Å²) in [6.45, 7) is 12.4. The van der Waals surface area contributed by atoms with Crippen molar-refractivity contribution in [3.63, 3.8) is 0 Å². The number of phenols is 12. The average molecular weight is 1910 g/mol. The molecule has 8 saturated carbocycles. The van der Waals surface area contributed by atoms with Gasteiger partial charge in [-0.2, -0.15) is 0 Å². The van der Waals surface area contributed by atoms with E-state index in [0.717, 1.165) is 225 Å². The van der Waals surface area contributed by atoms with Crippen molar-refractivity contribution in [2.45, 2.75) is 369 Å². The molecule has 20 rings (SSSR count). The Morgan fingerprint density at radius 1 is 0.162 bits per heavy atom. The van der Waals surface area contributed by atoms with E-state index in [0.29, 0.717) is 93.3 Å². The second-order valence-electron chi connectivity index (χ2n) is 43.9. The van der Waals surface area contributed by atoms with Crippen LogP contribution < -0.4 is 0 Å². The maximum Gasteiger partial charge on any atom is 0.123 e. The van der Waals surface area contributed by atoms with Crippen molar-refractivity contribution in [2.24, 2.45) is 0 Å². The van der Waals surface area contributed by atoms with Crippen LogP contribution in [0.5, 0.6) is 69.0 Å². The first-order valence-electron chi connectivity index (χ1n) is 54.7. The summed E-state index contributed by atoms with van der Waals surface area (Å²) in [6.07, 6.45) is 47.4. The van der Waals surface area contributed by atoms with E-state index < -0.39 is 0 Å². The summed E-state index contributed by atoms with van der Waals surface area (Å²) < 4.78 is 0. The SMILES string of the molecule is Cc1cc(O)c(C2CCCCC2)cc1C(c1cc(C2CCCCC2)c(O)cc1C)c1ccccc1O.Cc1cc(O)c(C2CCCCC2)cc1C(c1ccc(O)cc1)c1cc(C2CCCCC2)c(O)cc1C.Cc1cc(O)c(C2CCCCC2)cc1C(c1cccc(O)c1)c1cc(C2CCCCC2)c(O)cc1C.Oc1cccc(C(c2cccc(C3CCCCC3)c2O)c2cccc(C3CCCCC3)c2O)c1. The molecule has 12 N–H and O–H groups in total. The van der Waals surface area contributed by atoms with Gasteiger partial charge in [0.2, 0.25) is 0 Å². The number of hydrogen-bond donors (Lipinski definition) is 12. The highest BCUT2D eigenvalue weighted by atomic mass is 16.3. The minimum Gasteiger partial charge on any atom is -0.508 e. The van der Waals surface area contributed by atoms with Crippen molar-refractivity contribution in [3.8, 4) is 69.0 Å². The summed E-state index contributed by atoms with van der Waals surface area (Å²) in [4.78, 5) is 0. The van der Waals surface area contributed by atoms with Gasteiger partial charge in [0.25, 0.3) is 0 Å². The molecule has 12 nitrogen and oxygen atoms in total. The molecule has 0 radical (unpaired) electrons. The lowest BCUT2D eigenvalue weighted by Crippen LogP contribution is -2.12. The van der Waals surface area contributed by atoms with Gasteiger partial charge in [-0.05, 0) is 398 Å². The van der Waals surface area contributed by atoms with Crippen LogP contribution in [0.25, 0.3) is 0 Å². The highest BCUT2D eigenvalue weighted by Gasteiger charge is 2.37. The van der Waals surface area contributed by atoms with Crippen molar-refractivity contribution in [1.82, 2.24) is 0 Å². The first-order valence-corrected chi connectivity index (χ1v) is 54.7. The van der Waals surface area contributed by atoms with Gasteiger partial charge in [0.05, 0.1) is 0 Å². The molecule has 8 aliphatic carbocycles. The lowest BCUT2D eigenvalue weighted by Gasteiger charge is -2.29. The lowest BCUT2D eigenvalue weighted by molar-refractivity contribution is 0.406. The zero-order chi connectivity index (χ0) is 99.2. The fraction of sp³-hybridized carbons (Fsp3) is 0.446. The molecule has 748 valence electrons. The third-order valence-electron chi connectivity index (χ3n) is 34.4. The Morgan fingerprint density at radius 2 is 0.380 bits per heavy atom. The first-order chi connectivity index (χ1) is 68.9. The number of aryl methyl sites for hydroxylation is 6. The van der Waals surface area contributed by atoms with Crippen LogP contribution in [0.4, 0.5) is 0 Å². The van der Waals surface area contributed by atoms with E-state index in [-0.39, 0.29) is 46.7 Å². The van der Waals surface area contributed by atoms with Gasteiger partial charge in [0, 0.05) is 40.4 Å². The van der Waals surface area contributed by atoms with E-state index >= 15 is 0 Å². The summed E-state index contributed by atoms with van der Waals surface area (Å²) in [5.74, 6) is 6.48. The van der Waals surface area contributed by atoms with Crippen molar-refractivity contribution >= 4 is 0 Å². The van der Waals surface area contributed by atoms with Crippen molar-refractivity contribution in [1.29, 1.82) is 0 Å². The second kappa shape index (κ2) is 47.2. The maximum absolute atomic E-state index is 11.6. The Morgan fingerprint density at radius 3 is 0.634 bits per heavy atom. The fourth-order valence-electron chi connectivity index (χ4n) is 26.7. The third-order valence-corrected chi connectivity index (χ3v) is 34.4. The predicted octanol–water partition coefficient (Wildman–Crippen LogP) is 34.2. The maximum atomic E-state index is 11.6. The Hall–Kier alpha value is -11.8. The van der Waals surface area contributed by atoms with Gasteiger partial charge in [0.15, 0.2) is 0 Å². The van der Waals surface area contributed by atoms with Crippen LogP contribution in [0.3, 0.4) is 0 Å². The summed E-state index contributed by atoms with van der Waals surface area (Å²) in [7, 11) is 0. The lowest BCUT2D eigenvalue weighted by atomic mass is 9.75. The minimum atomic E-state index is -0.362. The van der Waals surface area contributed by atoms with E-state index in [9.17, 15) is 61.3 Å². The monoisotopic (exact) mass is 1910 g/mol. The number of hydrogen-bond acceptors (Lipinski definition) is 12. The molecule has 12 aromatic rings. The molecule has 142 heavy (non-hydrogen) atoms. The molecule has 0 saturated heterocycles. The van der Waals surface area contributed by atoms with Gasteiger partial charge in [-0.15, -0.1) is 0 Å². The van der Waals surface area contributed by atoms with E-state index in [4.69, 9.17) is 0 Å². The van der Waals surface area contributed by atoms with Crippen LogP contribution in [0.1, 0.15) is 472 Å².